The summed E-state index contributed by atoms with van der Waals surface area (Å²) in [6.45, 7) is 6.19. The number of nitrogens with one attached hydrogen (secondary N) is 1. The summed E-state index contributed by atoms with van der Waals surface area (Å²) in [4.78, 5) is 28.5. The zero-order valence-electron chi connectivity index (χ0n) is 12.9. The van der Waals surface area contributed by atoms with Crippen molar-refractivity contribution in [2.45, 2.75) is 32.6 Å². The minimum atomic E-state index is -0.883. The Hall–Kier alpha value is -1.69. The summed E-state index contributed by atoms with van der Waals surface area (Å²) in [5.41, 5.74) is 0.855. The van der Waals surface area contributed by atoms with E-state index >= 15 is 0 Å². The Morgan fingerprint density at radius 3 is 2.45 bits per heavy atom. The molecule has 1 aromatic heterocycles. The largest absolute Gasteiger partial charge is 0.481 e. The van der Waals surface area contributed by atoms with E-state index in [0.717, 1.165) is 12.1 Å². The third-order valence-corrected chi connectivity index (χ3v) is 5.31. The second kappa shape index (κ2) is 5.19. The van der Waals surface area contributed by atoms with Gasteiger partial charge in [-0.1, -0.05) is 32.9 Å². The van der Waals surface area contributed by atoms with Crippen LogP contribution in [0.1, 0.15) is 32.9 Å². The van der Waals surface area contributed by atoms with Gasteiger partial charge in [0.15, 0.2) is 5.13 Å². The van der Waals surface area contributed by atoms with E-state index in [1.165, 1.54) is 11.3 Å². The first-order valence-electron chi connectivity index (χ1n) is 7.45. The number of hydrogen-bond donors (Lipinski definition) is 2. The highest BCUT2D eigenvalue weighted by molar-refractivity contribution is 7.13. The Morgan fingerprint density at radius 2 is 1.91 bits per heavy atom. The van der Waals surface area contributed by atoms with Crippen molar-refractivity contribution in [1.29, 1.82) is 0 Å². The third kappa shape index (κ3) is 2.56. The van der Waals surface area contributed by atoms with Crippen molar-refractivity contribution in [3.05, 3.63) is 23.2 Å². The molecule has 0 radical (unpaired) electrons. The molecular formula is C16H20N2O3S. The van der Waals surface area contributed by atoms with Gasteiger partial charge < -0.3 is 10.4 Å². The maximum atomic E-state index is 12.5. The number of allylic oxidation sites excluding steroid dienone is 2. The van der Waals surface area contributed by atoms with Gasteiger partial charge >= 0.3 is 5.97 Å². The predicted molar refractivity (Wildman–Crippen MR) is 84.8 cm³/mol. The highest BCUT2D eigenvalue weighted by Gasteiger charge is 2.51. The lowest BCUT2D eigenvalue weighted by Crippen LogP contribution is -2.36. The van der Waals surface area contributed by atoms with Gasteiger partial charge in [0.25, 0.3) is 0 Å². The van der Waals surface area contributed by atoms with Gasteiger partial charge in [-0.05, 0) is 18.3 Å². The van der Waals surface area contributed by atoms with Gasteiger partial charge in [0, 0.05) is 10.8 Å². The number of rotatable bonds is 3. The molecule has 2 bridgehead atoms. The Morgan fingerprint density at radius 1 is 1.27 bits per heavy atom. The average molecular weight is 320 g/mol. The highest BCUT2D eigenvalue weighted by atomic mass is 32.1. The average Bonchev–Trinajstić information content (AvgIpc) is 3.11. The first-order valence-corrected chi connectivity index (χ1v) is 8.33. The number of aromatic nitrogens is 1. The molecule has 2 aliphatic rings. The summed E-state index contributed by atoms with van der Waals surface area (Å²) >= 11 is 1.38. The van der Waals surface area contributed by atoms with E-state index < -0.39 is 17.8 Å². The molecule has 6 heteroatoms. The van der Waals surface area contributed by atoms with Gasteiger partial charge in [0.05, 0.1) is 17.5 Å². The summed E-state index contributed by atoms with van der Waals surface area (Å²) in [6.07, 6.45) is 4.69. The topological polar surface area (TPSA) is 79.3 Å². The monoisotopic (exact) mass is 320 g/mol. The summed E-state index contributed by atoms with van der Waals surface area (Å²) in [5.74, 6) is -2.19. The lowest BCUT2D eigenvalue weighted by Gasteiger charge is -2.23. The van der Waals surface area contributed by atoms with Gasteiger partial charge in [-0.25, -0.2) is 4.98 Å². The van der Waals surface area contributed by atoms with Crippen LogP contribution < -0.4 is 5.32 Å². The van der Waals surface area contributed by atoms with Gasteiger partial charge in [0.1, 0.15) is 0 Å². The van der Waals surface area contributed by atoms with E-state index in [-0.39, 0.29) is 23.2 Å². The molecule has 0 saturated heterocycles. The fourth-order valence-corrected chi connectivity index (χ4v) is 4.32. The molecule has 1 amide bonds. The van der Waals surface area contributed by atoms with Crippen LogP contribution in [0.2, 0.25) is 0 Å². The zero-order chi connectivity index (χ0) is 16.1. The molecule has 2 aliphatic carbocycles. The molecular weight excluding hydrogens is 300 g/mol. The van der Waals surface area contributed by atoms with Crippen molar-refractivity contribution in [3.63, 3.8) is 0 Å². The van der Waals surface area contributed by atoms with Crippen molar-refractivity contribution in [2.75, 3.05) is 5.32 Å². The van der Waals surface area contributed by atoms with E-state index in [1.54, 1.807) is 0 Å². The van der Waals surface area contributed by atoms with Gasteiger partial charge in [0.2, 0.25) is 5.91 Å². The second-order valence-corrected chi connectivity index (χ2v) is 7.97. The van der Waals surface area contributed by atoms with Crippen LogP contribution >= 0.6 is 11.3 Å². The lowest BCUT2D eigenvalue weighted by molar-refractivity contribution is -0.146. The molecule has 0 aromatic carbocycles. The van der Waals surface area contributed by atoms with Crippen LogP contribution in [0.3, 0.4) is 0 Å². The Labute approximate surface area is 133 Å². The molecule has 3 rings (SSSR count). The van der Waals surface area contributed by atoms with Crippen LogP contribution in [-0.2, 0) is 15.0 Å². The smallest absolute Gasteiger partial charge is 0.307 e. The number of thiazole rings is 1. The highest BCUT2D eigenvalue weighted by Crippen LogP contribution is 2.48. The van der Waals surface area contributed by atoms with E-state index in [0.29, 0.717) is 5.13 Å². The molecule has 1 saturated carbocycles. The minimum Gasteiger partial charge on any atom is -0.481 e. The molecule has 0 spiro atoms. The number of aliphatic carboxylic acids is 1. The molecule has 22 heavy (non-hydrogen) atoms. The van der Waals surface area contributed by atoms with E-state index in [1.807, 2.05) is 17.5 Å². The molecule has 0 unspecified atom stereocenters. The molecule has 1 aromatic rings. The van der Waals surface area contributed by atoms with Crippen molar-refractivity contribution in [2.24, 2.45) is 23.7 Å². The van der Waals surface area contributed by atoms with Gasteiger partial charge in [-0.15, -0.1) is 11.3 Å². The van der Waals surface area contributed by atoms with Crippen molar-refractivity contribution in [3.8, 4) is 0 Å². The number of carbonyl (C=O) groups is 2. The number of fused-ring (bicyclic) bond motifs is 2. The van der Waals surface area contributed by atoms with Gasteiger partial charge in [-0.3, -0.25) is 9.59 Å². The maximum Gasteiger partial charge on any atom is 0.307 e. The first-order chi connectivity index (χ1) is 10.3. The van der Waals surface area contributed by atoms with Crippen molar-refractivity contribution in [1.82, 2.24) is 4.98 Å². The number of hydrogen-bond acceptors (Lipinski definition) is 4. The summed E-state index contributed by atoms with van der Waals surface area (Å²) in [6, 6.07) is 0. The fourth-order valence-electron chi connectivity index (χ4n) is 3.38. The number of amides is 1. The number of anilines is 1. The summed E-state index contributed by atoms with van der Waals surface area (Å²) in [7, 11) is 0. The summed E-state index contributed by atoms with van der Waals surface area (Å²) in [5, 5.41) is 14.7. The van der Waals surface area contributed by atoms with Crippen LogP contribution in [0.4, 0.5) is 5.13 Å². The molecule has 4 atom stereocenters. The molecule has 5 nitrogen and oxygen atoms in total. The number of carboxylic acid groups (broad SMARTS) is 1. The molecule has 0 aliphatic heterocycles. The Bertz CT molecular complexity index is 644. The zero-order valence-corrected chi connectivity index (χ0v) is 13.7. The fraction of sp³-hybridized carbons (Fsp3) is 0.562. The number of carboxylic acids is 1. The normalized spacial score (nSPS) is 29.8. The molecule has 2 N–H and O–H groups in total. The van der Waals surface area contributed by atoms with Crippen LogP contribution in [0.25, 0.3) is 0 Å². The number of carbonyl (C=O) groups excluding carboxylic acids is 1. The molecule has 118 valence electrons. The standard InChI is InChI=1S/C16H20N2O3S/c1-16(2,3)10-7-22-15(17-10)18-13(19)11-8-4-5-9(6-8)12(11)14(20)21/h4-5,7-9,11-12H,6H2,1-3H3,(H,20,21)(H,17,18,19)/t8-,9+,11+,12+/m1/s1. The van der Waals surface area contributed by atoms with Crippen LogP contribution in [0, 0.1) is 23.7 Å². The van der Waals surface area contributed by atoms with E-state index in [2.05, 4.69) is 31.1 Å². The predicted octanol–water partition coefficient (Wildman–Crippen LogP) is 2.90. The van der Waals surface area contributed by atoms with Crippen LogP contribution in [-0.4, -0.2) is 22.0 Å². The summed E-state index contributed by atoms with van der Waals surface area (Å²) < 4.78 is 0. The first kappa shape index (κ1) is 15.2. The lowest BCUT2D eigenvalue weighted by atomic mass is 9.82. The second-order valence-electron chi connectivity index (χ2n) is 7.12. The van der Waals surface area contributed by atoms with Crippen LogP contribution in [0.15, 0.2) is 17.5 Å². The van der Waals surface area contributed by atoms with E-state index in [4.69, 9.17) is 0 Å². The molecule has 1 fully saturated rings. The van der Waals surface area contributed by atoms with Crippen LogP contribution in [0.5, 0.6) is 0 Å². The van der Waals surface area contributed by atoms with Crippen molar-refractivity contribution >= 4 is 28.3 Å². The maximum absolute atomic E-state index is 12.5. The van der Waals surface area contributed by atoms with Gasteiger partial charge in [-0.2, -0.15) is 0 Å². The van der Waals surface area contributed by atoms with E-state index in [9.17, 15) is 14.7 Å². The molecule has 1 heterocycles. The Kier molecular flexibility index (Phi) is 3.59. The SMILES string of the molecule is CC(C)(C)c1csc(NC(=O)[C@@H]2[C@@H](C(=O)O)[C@H]3C=C[C@@H]2C3)n1. The van der Waals surface area contributed by atoms with Crippen molar-refractivity contribution < 1.29 is 14.7 Å². The quantitative estimate of drug-likeness (QED) is 0.839. The minimum absolute atomic E-state index is 0.0142. The third-order valence-electron chi connectivity index (χ3n) is 4.55. The Balaban J connectivity index is 1.76. The number of nitrogens with zero attached hydrogens (tertiary/aromatic N) is 1.